The molecule has 0 heterocycles. The second-order valence-electron chi connectivity index (χ2n) is 6.03. The van der Waals surface area contributed by atoms with Crippen molar-refractivity contribution in [3.05, 3.63) is 59.4 Å². The van der Waals surface area contributed by atoms with Gasteiger partial charge in [-0.05, 0) is 30.7 Å². The molecule has 0 aliphatic carbocycles. The molecule has 0 saturated carbocycles. The summed E-state index contributed by atoms with van der Waals surface area (Å²) in [5.41, 5.74) is 1.22. The Morgan fingerprint density at radius 2 is 1.80 bits per heavy atom. The summed E-state index contributed by atoms with van der Waals surface area (Å²) >= 11 is 0. The zero-order valence-corrected chi connectivity index (χ0v) is 18.9. The van der Waals surface area contributed by atoms with Gasteiger partial charge in [-0.1, -0.05) is 24.3 Å². The number of benzene rings is 2. The van der Waals surface area contributed by atoms with Crippen LogP contribution in [0.15, 0.2) is 47.5 Å². The maximum absolute atomic E-state index is 13.7. The minimum Gasteiger partial charge on any atom is -0.493 e. The smallest absolute Gasteiger partial charge is 0.422 e. The molecule has 0 amide bonds. The van der Waals surface area contributed by atoms with E-state index in [2.05, 4.69) is 15.6 Å². The molecule has 0 atom stereocenters. The van der Waals surface area contributed by atoms with Crippen molar-refractivity contribution in [3.8, 4) is 11.5 Å². The molecule has 0 aromatic heterocycles. The summed E-state index contributed by atoms with van der Waals surface area (Å²) in [6, 6.07) is 11.0. The van der Waals surface area contributed by atoms with Gasteiger partial charge in [-0.2, -0.15) is 13.2 Å². The molecule has 2 aromatic carbocycles. The lowest BCUT2D eigenvalue weighted by Gasteiger charge is -2.14. The summed E-state index contributed by atoms with van der Waals surface area (Å²) in [7, 11) is 1.35. The molecule has 0 aliphatic rings. The molecule has 30 heavy (non-hydrogen) atoms. The van der Waals surface area contributed by atoms with Crippen LogP contribution in [0.4, 0.5) is 17.6 Å². The van der Waals surface area contributed by atoms with Crippen LogP contribution in [0.25, 0.3) is 0 Å². The van der Waals surface area contributed by atoms with Crippen LogP contribution in [0, 0.1) is 5.82 Å². The topological polar surface area (TPSA) is 54.9 Å². The summed E-state index contributed by atoms with van der Waals surface area (Å²) in [5, 5.41) is 6.10. The van der Waals surface area contributed by atoms with Crippen LogP contribution >= 0.6 is 24.0 Å². The minimum atomic E-state index is -4.43. The van der Waals surface area contributed by atoms with Crippen LogP contribution < -0.4 is 20.1 Å². The van der Waals surface area contributed by atoms with Gasteiger partial charge < -0.3 is 20.1 Å². The fourth-order valence-corrected chi connectivity index (χ4v) is 2.42. The molecular weight excluding hydrogens is 517 g/mol. The lowest BCUT2D eigenvalue weighted by molar-refractivity contribution is -0.153. The first-order valence-corrected chi connectivity index (χ1v) is 8.94. The Morgan fingerprint density at radius 1 is 1.07 bits per heavy atom. The Labute approximate surface area is 189 Å². The van der Waals surface area contributed by atoms with E-state index < -0.39 is 12.8 Å². The van der Waals surface area contributed by atoms with Crippen LogP contribution in [0.1, 0.15) is 18.1 Å². The van der Waals surface area contributed by atoms with E-state index in [1.165, 1.54) is 19.2 Å². The van der Waals surface area contributed by atoms with E-state index >= 15 is 0 Å². The van der Waals surface area contributed by atoms with Gasteiger partial charge in [0, 0.05) is 18.7 Å². The molecule has 10 heteroatoms. The third-order valence-corrected chi connectivity index (χ3v) is 3.79. The first-order chi connectivity index (χ1) is 13.8. The summed E-state index contributed by atoms with van der Waals surface area (Å²) in [4.78, 5) is 4.41. The lowest BCUT2D eigenvalue weighted by atomic mass is 10.2. The lowest BCUT2D eigenvalue weighted by Crippen LogP contribution is -2.37. The Hall–Kier alpha value is -2.24. The maximum Gasteiger partial charge on any atom is 0.422 e. The number of aliphatic imine (C=N–C) groups is 1. The van der Waals surface area contributed by atoms with E-state index in [1.807, 2.05) is 6.92 Å². The number of methoxy groups -OCH3 is 1. The second-order valence-corrected chi connectivity index (χ2v) is 6.03. The summed E-state index contributed by atoms with van der Waals surface area (Å²) in [5.74, 6) is 0.357. The van der Waals surface area contributed by atoms with Crippen molar-refractivity contribution in [3.63, 3.8) is 0 Å². The number of nitrogens with one attached hydrogen (secondary N) is 2. The number of hydrogen-bond acceptors (Lipinski definition) is 3. The fourth-order valence-electron chi connectivity index (χ4n) is 2.42. The average molecular weight is 541 g/mol. The van der Waals surface area contributed by atoms with Gasteiger partial charge in [0.2, 0.25) is 0 Å². The number of alkyl halides is 3. The number of hydrogen-bond donors (Lipinski definition) is 2. The zero-order chi connectivity index (χ0) is 21.3. The van der Waals surface area contributed by atoms with E-state index in [9.17, 15) is 17.6 Å². The normalized spacial score (nSPS) is 11.5. The second kappa shape index (κ2) is 12.5. The SMILES string of the molecule is CCNC(=NCc1ccc(OCC(F)(F)F)c(OC)c1)NCc1ccccc1F.I. The molecule has 0 bridgehead atoms. The van der Waals surface area contributed by atoms with Gasteiger partial charge in [0.25, 0.3) is 0 Å². The molecule has 5 nitrogen and oxygen atoms in total. The van der Waals surface area contributed by atoms with Crippen molar-refractivity contribution < 1.29 is 27.0 Å². The van der Waals surface area contributed by atoms with Gasteiger partial charge in [0.1, 0.15) is 5.82 Å². The van der Waals surface area contributed by atoms with E-state index in [0.717, 1.165) is 0 Å². The molecule has 0 radical (unpaired) electrons. The zero-order valence-electron chi connectivity index (χ0n) is 16.6. The molecule has 166 valence electrons. The van der Waals surface area contributed by atoms with Crippen molar-refractivity contribution >= 4 is 29.9 Å². The van der Waals surface area contributed by atoms with Crippen LogP contribution in [0.3, 0.4) is 0 Å². The number of nitrogens with zero attached hydrogens (tertiary/aromatic N) is 1. The third-order valence-electron chi connectivity index (χ3n) is 3.79. The van der Waals surface area contributed by atoms with Gasteiger partial charge in [-0.25, -0.2) is 9.38 Å². The maximum atomic E-state index is 13.7. The number of guanidine groups is 1. The van der Waals surface area contributed by atoms with E-state index in [1.54, 1.807) is 30.3 Å². The highest BCUT2D eigenvalue weighted by molar-refractivity contribution is 14.0. The van der Waals surface area contributed by atoms with Crippen molar-refractivity contribution in [1.29, 1.82) is 0 Å². The molecular formula is C20H24F4IN3O2. The number of ether oxygens (including phenoxy) is 2. The Bertz CT molecular complexity index is 832. The van der Waals surface area contributed by atoms with Crippen molar-refractivity contribution in [2.45, 2.75) is 26.2 Å². The monoisotopic (exact) mass is 541 g/mol. The largest absolute Gasteiger partial charge is 0.493 e. The number of rotatable bonds is 8. The number of halogens is 5. The van der Waals surface area contributed by atoms with Crippen molar-refractivity contribution in [2.24, 2.45) is 4.99 Å². The predicted molar refractivity (Wildman–Crippen MR) is 118 cm³/mol. The Balaban J connectivity index is 0.00000450. The first kappa shape index (κ1) is 25.8. The average Bonchev–Trinajstić information content (AvgIpc) is 2.69. The molecule has 2 rings (SSSR count). The van der Waals surface area contributed by atoms with E-state index in [-0.39, 0.29) is 54.4 Å². The molecule has 2 N–H and O–H groups in total. The minimum absolute atomic E-state index is 0. The molecule has 0 saturated heterocycles. The fraction of sp³-hybridized carbons (Fsp3) is 0.350. The van der Waals surface area contributed by atoms with E-state index in [0.29, 0.717) is 23.6 Å². The van der Waals surface area contributed by atoms with Gasteiger partial charge >= 0.3 is 6.18 Å². The van der Waals surface area contributed by atoms with Crippen molar-refractivity contribution in [2.75, 3.05) is 20.3 Å². The molecule has 2 aromatic rings. The van der Waals surface area contributed by atoms with Crippen LogP contribution in [0.5, 0.6) is 11.5 Å². The van der Waals surface area contributed by atoms with Crippen LogP contribution in [-0.4, -0.2) is 32.4 Å². The van der Waals surface area contributed by atoms with E-state index in [4.69, 9.17) is 9.47 Å². The van der Waals surface area contributed by atoms with Gasteiger partial charge in [-0.3, -0.25) is 0 Å². The molecule has 0 aliphatic heterocycles. The third kappa shape index (κ3) is 8.64. The predicted octanol–water partition coefficient (Wildman–Crippen LogP) is 4.65. The highest BCUT2D eigenvalue weighted by Crippen LogP contribution is 2.30. The quantitative estimate of drug-likeness (QED) is 0.221. The highest BCUT2D eigenvalue weighted by atomic mass is 127. The summed E-state index contributed by atoms with van der Waals surface area (Å²) in [6.07, 6.45) is -4.43. The van der Waals surface area contributed by atoms with Gasteiger partial charge in [-0.15, -0.1) is 24.0 Å². The molecule has 0 unspecified atom stereocenters. The molecule has 0 spiro atoms. The Morgan fingerprint density at radius 3 is 2.43 bits per heavy atom. The molecule has 0 fully saturated rings. The van der Waals surface area contributed by atoms with Gasteiger partial charge in [0.05, 0.1) is 13.7 Å². The van der Waals surface area contributed by atoms with Crippen molar-refractivity contribution in [1.82, 2.24) is 10.6 Å². The first-order valence-electron chi connectivity index (χ1n) is 8.94. The van der Waals surface area contributed by atoms with Crippen LogP contribution in [0.2, 0.25) is 0 Å². The highest BCUT2D eigenvalue weighted by Gasteiger charge is 2.29. The summed E-state index contributed by atoms with van der Waals surface area (Å²) < 4.78 is 60.6. The summed E-state index contributed by atoms with van der Waals surface area (Å²) in [6.45, 7) is 1.60. The van der Waals surface area contributed by atoms with Gasteiger partial charge in [0.15, 0.2) is 24.1 Å². The van der Waals surface area contributed by atoms with Crippen LogP contribution in [-0.2, 0) is 13.1 Å². The Kier molecular flexibility index (Phi) is 10.7. The standard InChI is InChI=1S/C20H23F4N3O2.HI/c1-3-25-19(27-12-15-6-4-5-7-16(15)21)26-11-14-8-9-17(18(10-14)28-2)29-13-20(22,23)24;/h4-10H,3,11-13H2,1-2H3,(H2,25,26,27);1H.